The lowest BCUT2D eigenvalue weighted by molar-refractivity contribution is -0.141. The van der Waals surface area contributed by atoms with Crippen LogP contribution in [0.4, 0.5) is 13.2 Å². The molecule has 1 aromatic heterocycles. The number of alkyl halides is 3. The highest BCUT2D eigenvalue weighted by atomic mass is 19.4. The molecule has 0 saturated carbocycles. The van der Waals surface area contributed by atoms with Gasteiger partial charge in [0.1, 0.15) is 0 Å². The summed E-state index contributed by atoms with van der Waals surface area (Å²) in [5, 5.41) is 0. The molecule has 84 valence electrons. The smallest absolute Gasteiger partial charge is 0.257 e. The van der Waals surface area contributed by atoms with Crippen LogP contribution in [0.3, 0.4) is 0 Å². The zero-order valence-corrected chi connectivity index (χ0v) is 8.67. The summed E-state index contributed by atoms with van der Waals surface area (Å²) in [5.41, 5.74) is -0.320. The SMILES string of the molecule is CCCC(C)c1cnc(C(F)(F)F)cn1. The van der Waals surface area contributed by atoms with Crippen LogP contribution >= 0.6 is 0 Å². The summed E-state index contributed by atoms with van der Waals surface area (Å²) in [4.78, 5) is 7.15. The van der Waals surface area contributed by atoms with Crippen LogP contribution < -0.4 is 0 Å². The predicted octanol–water partition coefficient (Wildman–Crippen LogP) is 3.40. The summed E-state index contributed by atoms with van der Waals surface area (Å²) in [7, 11) is 0. The summed E-state index contributed by atoms with van der Waals surface area (Å²) in [5.74, 6) is 0.157. The van der Waals surface area contributed by atoms with Gasteiger partial charge < -0.3 is 0 Å². The average molecular weight is 218 g/mol. The van der Waals surface area contributed by atoms with Gasteiger partial charge in [-0.15, -0.1) is 0 Å². The third kappa shape index (κ3) is 3.18. The lowest BCUT2D eigenvalue weighted by atomic mass is 10.0. The first-order valence-electron chi connectivity index (χ1n) is 4.84. The van der Waals surface area contributed by atoms with Crippen LogP contribution in [0.1, 0.15) is 44.0 Å². The lowest BCUT2D eigenvalue weighted by Crippen LogP contribution is -2.09. The molecular weight excluding hydrogens is 205 g/mol. The van der Waals surface area contributed by atoms with Gasteiger partial charge in [0.2, 0.25) is 0 Å². The van der Waals surface area contributed by atoms with Gasteiger partial charge in [0.25, 0.3) is 0 Å². The second-order valence-electron chi connectivity index (χ2n) is 3.51. The van der Waals surface area contributed by atoms with Gasteiger partial charge in [-0.2, -0.15) is 13.2 Å². The summed E-state index contributed by atoms with van der Waals surface area (Å²) < 4.78 is 36.5. The van der Waals surface area contributed by atoms with Crippen LogP contribution in [-0.2, 0) is 6.18 Å². The normalized spacial score (nSPS) is 13.9. The van der Waals surface area contributed by atoms with Gasteiger partial charge in [-0.25, -0.2) is 4.98 Å². The van der Waals surface area contributed by atoms with Crippen molar-refractivity contribution in [2.45, 2.75) is 38.8 Å². The summed E-state index contributed by atoms with van der Waals surface area (Å²) in [6.07, 6.45) is -0.520. The minimum Gasteiger partial charge on any atom is -0.257 e. The summed E-state index contributed by atoms with van der Waals surface area (Å²) in [6.45, 7) is 3.95. The standard InChI is InChI=1S/C10H13F3N2/c1-3-4-7(2)8-5-15-9(6-14-8)10(11,12)13/h5-7H,3-4H2,1-2H3. The maximum Gasteiger partial charge on any atom is 0.434 e. The highest BCUT2D eigenvalue weighted by molar-refractivity contribution is 5.08. The number of rotatable bonds is 3. The Hall–Kier alpha value is -1.13. The second kappa shape index (κ2) is 4.59. The maximum absolute atomic E-state index is 12.2. The summed E-state index contributed by atoms with van der Waals surface area (Å²) >= 11 is 0. The first-order valence-corrected chi connectivity index (χ1v) is 4.84. The quantitative estimate of drug-likeness (QED) is 0.777. The fourth-order valence-corrected chi connectivity index (χ4v) is 1.32. The molecule has 1 aromatic rings. The third-order valence-corrected chi connectivity index (χ3v) is 2.19. The Morgan fingerprint density at radius 2 is 1.93 bits per heavy atom. The Balaban J connectivity index is 2.81. The maximum atomic E-state index is 12.2. The first kappa shape index (κ1) is 11.9. The minimum absolute atomic E-state index is 0.157. The predicted molar refractivity (Wildman–Crippen MR) is 50.4 cm³/mol. The van der Waals surface area contributed by atoms with Crippen molar-refractivity contribution in [1.29, 1.82) is 0 Å². The number of hydrogen-bond donors (Lipinski definition) is 0. The van der Waals surface area contributed by atoms with Crippen molar-refractivity contribution in [3.05, 3.63) is 23.8 Å². The van der Waals surface area contributed by atoms with E-state index in [1.165, 1.54) is 6.20 Å². The average Bonchev–Trinajstić information content (AvgIpc) is 2.17. The third-order valence-electron chi connectivity index (χ3n) is 2.19. The van der Waals surface area contributed by atoms with Crippen molar-refractivity contribution in [1.82, 2.24) is 9.97 Å². The fourth-order valence-electron chi connectivity index (χ4n) is 1.32. The topological polar surface area (TPSA) is 25.8 Å². The number of hydrogen-bond acceptors (Lipinski definition) is 2. The van der Waals surface area contributed by atoms with Crippen LogP contribution in [0.25, 0.3) is 0 Å². The minimum atomic E-state index is -4.40. The molecule has 0 amide bonds. The van der Waals surface area contributed by atoms with E-state index < -0.39 is 11.9 Å². The Bertz CT molecular complexity index is 305. The molecule has 1 atom stereocenters. The van der Waals surface area contributed by atoms with Crippen LogP contribution in [0.15, 0.2) is 12.4 Å². The molecule has 0 aliphatic rings. The van der Waals surface area contributed by atoms with Gasteiger partial charge in [0.05, 0.1) is 11.9 Å². The largest absolute Gasteiger partial charge is 0.434 e. The number of nitrogens with zero attached hydrogens (tertiary/aromatic N) is 2. The Labute approximate surface area is 86.6 Å². The number of halogens is 3. The molecule has 15 heavy (non-hydrogen) atoms. The van der Waals surface area contributed by atoms with Crippen LogP contribution in [0.2, 0.25) is 0 Å². The van der Waals surface area contributed by atoms with Crippen LogP contribution in [0, 0.1) is 0 Å². The molecule has 0 N–H and O–H groups in total. The molecule has 0 fully saturated rings. The van der Waals surface area contributed by atoms with Gasteiger partial charge in [-0.3, -0.25) is 4.98 Å². The van der Waals surface area contributed by atoms with Crippen molar-refractivity contribution in [3.63, 3.8) is 0 Å². The van der Waals surface area contributed by atoms with E-state index in [-0.39, 0.29) is 5.92 Å². The van der Waals surface area contributed by atoms with Crippen molar-refractivity contribution in [3.8, 4) is 0 Å². The van der Waals surface area contributed by atoms with Gasteiger partial charge in [0, 0.05) is 6.20 Å². The molecule has 0 spiro atoms. The Morgan fingerprint density at radius 1 is 1.27 bits per heavy atom. The first-order chi connectivity index (χ1) is 6.95. The zero-order valence-electron chi connectivity index (χ0n) is 8.67. The highest BCUT2D eigenvalue weighted by Crippen LogP contribution is 2.27. The zero-order chi connectivity index (χ0) is 11.5. The molecule has 0 aromatic carbocycles. The molecule has 0 aliphatic heterocycles. The van der Waals surface area contributed by atoms with E-state index >= 15 is 0 Å². The monoisotopic (exact) mass is 218 g/mol. The van der Waals surface area contributed by atoms with Crippen molar-refractivity contribution in [2.24, 2.45) is 0 Å². The second-order valence-corrected chi connectivity index (χ2v) is 3.51. The fraction of sp³-hybridized carbons (Fsp3) is 0.600. The molecular formula is C10H13F3N2. The van der Waals surface area contributed by atoms with E-state index in [0.29, 0.717) is 5.69 Å². The highest BCUT2D eigenvalue weighted by Gasteiger charge is 2.32. The van der Waals surface area contributed by atoms with Crippen LogP contribution in [-0.4, -0.2) is 9.97 Å². The molecule has 2 nitrogen and oxygen atoms in total. The van der Waals surface area contributed by atoms with Crippen LogP contribution in [0.5, 0.6) is 0 Å². The van der Waals surface area contributed by atoms with Gasteiger partial charge >= 0.3 is 6.18 Å². The van der Waals surface area contributed by atoms with Gasteiger partial charge in [-0.05, 0) is 12.3 Å². The van der Waals surface area contributed by atoms with E-state index in [2.05, 4.69) is 9.97 Å². The van der Waals surface area contributed by atoms with Gasteiger partial charge in [0.15, 0.2) is 5.69 Å². The molecule has 1 rings (SSSR count). The van der Waals surface area contributed by atoms with E-state index in [0.717, 1.165) is 19.0 Å². The lowest BCUT2D eigenvalue weighted by Gasteiger charge is -2.10. The molecule has 0 saturated heterocycles. The van der Waals surface area contributed by atoms with E-state index in [9.17, 15) is 13.2 Å². The van der Waals surface area contributed by atoms with Crippen molar-refractivity contribution in [2.75, 3.05) is 0 Å². The number of aromatic nitrogens is 2. The molecule has 0 aliphatic carbocycles. The Kier molecular flexibility index (Phi) is 3.66. The molecule has 1 heterocycles. The molecule has 1 unspecified atom stereocenters. The molecule has 5 heteroatoms. The molecule has 0 radical (unpaired) electrons. The Morgan fingerprint density at radius 3 is 2.33 bits per heavy atom. The van der Waals surface area contributed by atoms with Gasteiger partial charge in [-0.1, -0.05) is 20.3 Å². The molecule has 0 bridgehead atoms. The van der Waals surface area contributed by atoms with E-state index in [1.807, 2.05) is 13.8 Å². The van der Waals surface area contributed by atoms with E-state index in [4.69, 9.17) is 0 Å². The van der Waals surface area contributed by atoms with Crippen molar-refractivity contribution < 1.29 is 13.2 Å². The van der Waals surface area contributed by atoms with E-state index in [1.54, 1.807) is 0 Å². The van der Waals surface area contributed by atoms with Crippen molar-refractivity contribution >= 4 is 0 Å². The summed E-state index contributed by atoms with van der Waals surface area (Å²) in [6, 6.07) is 0.